The second-order valence-corrected chi connectivity index (χ2v) is 10.5. The number of aliphatic carboxylic acids is 1. The van der Waals surface area contributed by atoms with E-state index in [0.717, 1.165) is 33.6 Å². The number of hydrogen-bond acceptors (Lipinski definition) is 6. The average Bonchev–Trinajstić information content (AvgIpc) is 3.39. The van der Waals surface area contributed by atoms with Gasteiger partial charge in [0.2, 0.25) is 0 Å². The highest BCUT2D eigenvalue weighted by molar-refractivity contribution is 7.17. The van der Waals surface area contributed by atoms with Crippen LogP contribution >= 0.6 is 11.3 Å². The van der Waals surface area contributed by atoms with Gasteiger partial charge in [0.05, 0.1) is 12.6 Å². The van der Waals surface area contributed by atoms with E-state index in [0.29, 0.717) is 0 Å². The van der Waals surface area contributed by atoms with Gasteiger partial charge in [0.1, 0.15) is 11.5 Å². The summed E-state index contributed by atoms with van der Waals surface area (Å²) in [6.45, 7) is 5.74. The second-order valence-electron chi connectivity index (χ2n) is 9.47. The molecule has 4 rings (SSSR count). The Hall–Kier alpha value is -3.72. The van der Waals surface area contributed by atoms with Crippen LogP contribution < -0.4 is 10.6 Å². The summed E-state index contributed by atoms with van der Waals surface area (Å²) in [6, 6.07) is 15.6. The molecule has 0 saturated carbocycles. The van der Waals surface area contributed by atoms with E-state index in [1.165, 1.54) is 6.20 Å². The molecule has 1 aliphatic carbocycles. The zero-order valence-corrected chi connectivity index (χ0v) is 20.5. The highest BCUT2D eigenvalue weighted by Gasteiger charge is 2.30. The summed E-state index contributed by atoms with van der Waals surface area (Å²) in [5.41, 5.74) is 4.07. The van der Waals surface area contributed by atoms with Crippen molar-refractivity contribution >= 4 is 34.4 Å². The molecule has 8 nitrogen and oxygen atoms in total. The zero-order valence-electron chi connectivity index (χ0n) is 19.7. The number of carboxylic acid groups (broad SMARTS) is 1. The predicted octanol–water partition coefficient (Wildman–Crippen LogP) is 5.12. The number of nitrogens with one attached hydrogen (secondary N) is 2. The Bertz CT molecular complexity index is 1220. The van der Waals surface area contributed by atoms with Gasteiger partial charge in [-0.3, -0.25) is 14.9 Å². The molecule has 0 aliphatic heterocycles. The Morgan fingerprint density at radius 2 is 1.66 bits per heavy atom. The van der Waals surface area contributed by atoms with Gasteiger partial charge in [0.25, 0.3) is 5.91 Å². The topological polar surface area (TPSA) is 118 Å². The summed E-state index contributed by atoms with van der Waals surface area (Å²) in [4.78, 5) is 40.6. The maximum absolute atomic E-state index is 12.6. The normalized spacial score (nSPS) is 13.5. The lowest BCUT2D eigenvalue weighted by atomic mass is 9.84. The lowest BCUT2D eigenvalue weighted by Crippen LogP contribution is -2.44. The van der Waals surface area contributed by atoms with Gasteiger partial charge in [-0.2, -0.15) is 0 Å². The van der Waals surface area contributed by atoms with E-state index in [-0.39, 0.29) is 29.0 Å². The van der Waals surface area contributed by atoms with Gasteiger partial charge in [-0.15, -0.1) is 0 Å². The van der Waals surface area contributed by atoms with Crippen molar-refractivity contribution in [3.8, 4) is 11.1 Å². The summed E-state index contributed by atoms with van der Waals surface area (Å²) in [6.07, 6.45) is 0.491. The third-order valence-corrected chi connectivity index (χ3v) is 6.92. The number of thiazole rings is 1. The fraction of sp³-hybridized carbons (Fsp3) is 0.308. The first-order valence-corrected chi connectivity index (χ1v) is 12.1. The first-order chi connectivity index (χ1) is 16.6. The number of fused-ring (bicyclic) bond motifs is 3. The maximum Gasteiger partial charge on any atom is 0.413 e. The van der Waals surface area contributed by atoms with Crippen LogP contribution in [-0.4, -0.2) is 40.7 Å². The zero-order chi connectivity index (χ0) is 25.2. The summed E-state index contributed by atoms with van der Waals surface area (Å²) in [7, 11) is 0. The number of amides is 2. The average molecular weight is 494 g/mol. The SMILES string of the molecule is CC(C)(C)C(CC(=O)O)NC(=O)c1cnc(NC(=O)OCC2c3ccccc3-c3ccccc32)s1. The van der Waals surface area contributed by atoms with Crippen molar-refractivity contribution in [1.82, 2.24) is 10.3 Å². The fourth-order valence-corrected chi connectivity index (χ4v) is 4.84. The number of rotatable bonds is 7. The maximum atomic E-state index is 12.6. The van der Waals surface area contributed by atoms with Crippen molar-refractivity contribution < 1.29 is 24.2 Å². The number of anilines is 1. The molecule has 0 saturated heterocycles. The monoisotopic (exact) mass is 493 g/mol. The van der Waals surface area contributed by atoms with Gasteiger partial charge in [-0.1, -0.05) is 80.6 Å². The van der Waals surface area contributed by atoms with Crippen LogP contribution in [0.25, 0.3) is 11.1 Å². The van der Waals surface area contributed by atoms with E-state index < -0.39 is 29.4 Å². The Morgan fingerprint density at radius 1 is 1.06 bits per heavy atom. The van der Waals surface area contributed by atoms with Gasteiger partial charge in [-0.25, -0.2) is 9.78 Å². The highest BCUT2D eigenvalue weighted by Crippen LogP contribution is 2.44. The van der Waals surface area contributed by atoms with Crippen LogP contribution in [0.3, 0.4) is 0 Å². The molecule has 2 aromatic carbocycles. The van der Waals surface area contributed by atoms with Crippen molar-refractivity contribution in [3.63, 3.8) is 0 Å². The first-order valence-electron chi connectivity index (χ1n) is 11.2. The molecule has 1 atom stereocenters. The molecule has 0 radical (unpaired) electrons. The van der Waals surface area contributed by atoms with E-state index in [2.05, 4.69) is 27.8 Å². The second kappa shape index (κ2) is 9.87. The molecule has 0 fully saturated rings. The van der Waals surface area contributed by atoms with E-state index >= 15 is 0 Å². The molecule has 182 valence electrons. The number of carbonyl (C=O) groups is 3. The molecule has 0 bridgehead atoms. The van der Waals surface area contributed by atoms with Gasteiger partial charge in [-0.05, 0) is 27.7 Å². The molecule has 1 heterocycles. The molecule has 35 heavy (non-hydrogen) atoms. The van der Waals surface area contributed by atoms with Crippen LogP contribution in [0.1, 0.15) is 53.9 Å². The Morgan fingerprint density at radius 3 is 2.23 bits per heavy atom. The van der Waals surface area contributed by atoms with E-state index in [1.54, 1.807) is 0 Å². The molecule has 1 unspecified atom stereocenters. The quantitative estimate of drug-likeness (QED) is 0.420. The predicted molar refractivity (Wildman–Crippen MR) is 134 cm³/mol. The molecule has 2 amide bonds. The van der Waals surface area contributed by atoms with E-state index in [9.17, 15) is 14.4 Å². The summed E-state index contributed by atoms with van der Waals surface area (Å²) in [5.74, 6) is -1.49. The van der Waals surface area contributed by atoms with Crippen molar-refractivity contribution in [2.45, 2.75) is 39.2 Å². The standard InChI is InChI=1S/C26H27N3O5S/c1-26(2,3)21(12-22(30)31)28-23(32)20-13-27-24(35-20)29-25(33)34-14-19-17-10-6-4-8-15(17)16-9-5-7-11-18(16)19/h4-11,13,19,21H,12,14H2,1-3H3,(H,28,32)(H,30,31)(H,27,29,33). The van der Waals surface area contributed by atoms with Crippen LogP contribution in [-0.2, 0) is 9.53 Å². The van der Waals surface area contributed by atoms with Crippen molar-refractivity contribution in [2.24, 2.45) is 5.41 Å². The number of nitrogens with zero attached hydrogens (tertiary/aromatic N) is 1. The minimum atomic E-state index is -0.993. The molecule has 9 heteroatoms. The van der Waals surface area contributed by atoms with Gasteiger partial charge < -0.3 is 15.2 Å². The minimum Gasteiger partial charge on any atom is -0.481 e. The van der Waals surface area contributed by atoms with E-state index in [4.69, 9.17) is 9.84 Å². The molecular formula is C26H27N3O5S. The molecule has 3 N–H and O–H groups in total. The number of ether oxygens (including phenoxy) is 1. The van der Waals surface area contributed by atoms with Crippen LogP contribution in [0, 0.1) is 5.41 Å². The van der Waals surface area contributed by atoms with E-state index in [1.807, 2.05) is 57.2 Å². The van der Waals surface area contributed by atoms with Crippen molar-refractivity contribution in [2.75, 3.05) is 11.9 Å². The number of carboxylic acids is 1. The Kier molecular flexibility index (Phi) is 6.88. The van der Waals surface area contributed by atoms with Crippen molar-refractivity contribution in [1.29, 1.82) is 0 Å². The fourth-order valence-electron chi connectivity index (χ4n) is 4.14. The van der Waals surface area contributed by atoms with Gasteiger partial charge >= 0.3 is 12.1 Å². The molecule has 0 spiro atoms. The summed E-state index contributed by atoms with van der Waals surface area (Å²) in [5, 5.41) is 14.7. The van der Waals surface area contributed by atoms with Gasteiger partial charge in [0.15, 0.2) is 5.13 Å². The highest BCUT2D eigenvalue weighted by atomic mass is 32.1. The molecule has 1 aromatic heterocycles. The first kappa shape index (κ1) is 24.4. The van der Waals surface area contributed by atoms with Gasteiger partial charge in [0, 0.05) is 12.0 Å². The van der Waals surface area contributed by atoms with Crippen molar-refractivity contribution in [3.05, 3.63) is 70.7 Å². The summed E-state index contributed by atoms with van der Waals surface area (Å²) >= 11 is 0.994. The lowest BCUT2D eigenvalue weighted by Gasteiger charge is -2.30. The molecule has 1 aliphatic rings. The summed E-state index contributed by atoms with van der Waals surface area (Å²) < 4.78 is 5.52. The molecular weight excluding hydrogens is 466 g/mol. The Balaban J connectivity index is 1.37. The molecule has 3 aromatic rings. The Labute approximate surface area is 207 Å². The number of benzene rings is 2. The van der Waals surface area contributed by atoms with Crippen LogP contribution in [0.2, 0.25) is 0 Å². The van der Waals surface area contributed by atoms with Crippen LogP contribution in [0.15, 0.2) is 54.7 Å². The number of aromatic nitrogens is 1. The smallest absolute Gasteiger partial charge is 0.413 e. The number of hydrogen-bond donors (Lipinski definition) is 3. The minimum absolute atomic E-state index is 0.0608. The largest absolute Gasteiger partial charge is 0.481 e. The third kappa shape index (κ3) is 5.51. The lowest BCUT2D eigenvalue weighted by molar-refractivity contribution is -0.138. The third-order valence-electron chi connectivity index (χ3n) is 6.01. The van der Waals surface area contributed by atoms with Crippen LogP contribution in [0.5, 0.6) is 0 Å². The number of carbonyl (C=O) groups excluding carboxylic acids is 2. The van der Waals surface area contributed by atoms with Crippen LogP contribution in [0.4, 0.5) is 9.93 Å².